The first kappa shape index (κ1) is 8.10. The number of aromatic nitrogens is 2. The Labute approximate surface area is 75.0 Å². The Balaban J connectivity index is 1.70. The second-order valence-corrected chi connectivity index (χ2v) is 3.66. The molecule has 2 N–H and O–H groups in total. The fourth-order valence-corrected chi connectivity index (χ4v) is 1.70. The van der Waals surface area contributed by atoms with Crippen LogP contribution in [0.4, 0.5) is 0 Å². The molecule has 1 aliphatic rings. The molecule has 1 heterocycles. The summed E-state index contributed by atoms with van der Waals surface area (Å²) < 4.78 is 7.97. The molecule has 0 spiro atoms. The monoisotopic (exact) mass is 185 g/mol. The fourth-order valence-electron chi connectivity index (χ4n) is 1.27. The summed E-state index contributed by atoms with van der Waals surface area (Å²) in [7, 11) is 0. The van der Waals surface area contributed by atoms with Crippen LogP contribution in [0.15, 0.2) is 6.20 Å². The molecule has 66 valence electrons. The quantitative estimate of drug-likeness (QED) is 0.704. The summed E-state index contributed by atoms with van der Waals surface area (Å²) in [5.41, 5.74) is 0.987. The number of nitrogens with zero attached hydrogens (tertiary/aromatic N) is 2. The molecule has 5 heteroatoms. The second-order valence-electron chi connectivity index (χ2n) is 3.10. The van der Waals surface area contributed by atoms with E-state index in [1.807, 2.05) is 0 Å². The summed E-state index contributed by atoms with van der Waals surface area (Å²) in [6.07, 6.45) is 3.43. The number of aliphatic hydroxyl groups is 1. The molecule has 1 saturated carbocycles. The summed E-state index contributed by atoms with van der Waals surface area (Å²) in [6.45, 7) is 0.772. The Kier molecular flexibility index (Phi) is 2.34. The van der Waals surface area contributed by atoms with E-state index in [9.17, 15) is 0 Å². The van der Waals surface area contributed by atoms with Gasteiger partial charge in [-0.2, -0.15) is 8.75 Å². The first-order valence-electron chi connectivity index (χ1n) is 4.02. The molecule has 2 rings (SSSR count). The van der Waals surface area contributed by atoms with Gasteiger partial charge in [0.05, 0.1) is 29.7 Å². The zero-order chi connectivity index (χ0) is 8.39. The maximum atomic E-state index is 9.01. The standard InChI is InChI=1S/C7H11N3OS/c11-7-1-5(2-7)8-3-6-4-9-12-10-6/h4-5,7-8,11H,1-3H2. The van der Waals surface area contributed by atoms with Crippen molar-refractivity contribution in [3.63, 3.8) is 0 Å². The van der Waals surface area contributed by atoms with Crippen LogP contribution in [0.3, 0.4) is 0 Å². The van der Waals surface area contributed by atoms with Gasteiger partial charge in [-0.1, -0.05) is 0 Å². The van der Waals surface area contributed by atoms with Gasteiger partial charge in [0, 0.05) is 12.6 Å². The van der Waals surface area contributed by atoms with Gasteiger partial charge in [0.2, 0.25) is 0 Å². The lowest BCUT2D eigenvalue weighted by Crippen LogP contribution is -2.43. The van der Waals surface area contributed by atoms with Gasteiger partial charge >= 0.3 is 0 Å². The van der Waals surface area contributed by atoms with Crippen molar-refractivity contribution in [2.24, 2.45) is 0 Å². The molecular formula is C7H11N3OS. The van der Waals surface area contributed by atoms with E-state index in [1.165, 1.54) is 11.7 Å². The highest BCUT2D eigenvalue weighted by Gasteiger charge is 2.26. The van der Waals surface area contributed by atoms with Crippen molar-refractivity contribution < 1.29 is 5.11 Å². The first-order valence-corrected chi connectivity index (χ1v) is 4.75. The SMILES string of the molecule is OC1CC(NCc2cnsn2)C1. The lowest BCUT2D eigenvalue weighted by atomic mass is 9.89. The van der Waals surface area contributed by atoms with Gasteiger partial charge in [0.1, 0.15) is 0 Å². The molecule has 0 saturated heterocycles. The highest BCUT2D eigenvalue weighted by Crippen LogP contribution is 2.19. The summed E-state index contributed by atoms with van der Waals surface area (Å²) in [5.74, 6) is 0. The highest BCUT2D eigenvalue weighted by molar-refractivity contribution is 6.99. The molecule has 0 radical (unpaired) electrons. The van der Waals surface area contributed by atoms with Crippen molar-refractivity contribution in [1.29, 1.82) is 0 Å². The van der Waals surface area contributed by atoms with Gasteiger partial charge in [-0.3, -0.25) is 0 Å². The predicted molar refractivity (Wildman–Crippen MR) is 45.8 cm³/mol. The topological polar surface area (TPSA) is 58.0 Å². The average molecular weight is 185 g/mol. The summed E-state index contributed by atoms with van der Waals surface area (Å²) in [6, 6.07) is 0.474. The van der Waals surface area contributed by atoms with Crippen molar-refractivity contribution >= 4 is 11.7 Å². The largest absolute Gasteiger partial charge is 0.393 e. The highest BCUT2D eigenvalue weighted by atomic mass is 32.1. The molecule has 1 aliphatic carbocycles. The third-order valence-electron chi connectivity index (χ3n) is 2.09. The van der Waals surface area contributed by atoms with Crippen molar-refractivity contribution in [3.8, 4) is 0 Å². The maximum absolute atomic E-state index is 9.01. The zero-order valence-electron chi connectivity index (χ0n) is 6.60. The van der Waals surface area contributed by atoms with Gasteiger partial charge in [-0.25, -0.2) is 0 Å². The summed E-state index contributed by atoms with van der Waals surface area (Å²) >= 11 is 1.23. The fraction of sp³-hybridized carbons (Fsp3) is 0.714. The minimum atomic E-state index is -0.0870. The van der Waals surface area contributed by atoms with Gasteiger partial charge < -0.3 is 10.4 Å². The second kappa shape index (κ2) is 3.47. The van der Waals surface area contributed by atoms with Crippen LogP contribution in [0.5, 0.6) is 0 Å². The van der Waals surface area contributed by atoms with E-state index < -0.39 is 0 Å². The van der Waals surface area contributed by atoms with E-state index in [1.54, 1.807) is 6.20 Å². The molecule has 0 bridgehead atoms. The smallest absolute Gasteiger partial charge is 0.0880 e. The lowest BCUT2D eigenvalue weighted by molar-refractivity contribution is 0.0618. The van der Waals surface area contributed by atoms with Crippen LogP contribution in [0.2, 0.25) is 0 Å². The van der Waals surface area contributed by atoms with Crippen LogP contribution < -0.4 is 5.32 Å². The molecular weight excluding hydrogens is 174 g/mol. The van der Waals surface area contributed by atoms with Gasteiger partial charge in [0.25, 0.3) is 0 Å². The number of nitrogens with one attached hydrogen (secondary N) is 1. The molecule has 0 aromatic carbocycles. The van der Waals surface area contributed by atoms with E-state index in [0.29, 0.717) is 6.04 Å². The molecule has 12 heavy (non-hydrogen) atoms. The van der Waals surface area contributed by atoms with Crippen molar-refractivity contribution in [3.05, 3.63) is 11.9 Å². The minimum Gasteiger partial charge on any atom is -0.393 e. The molecule has 0 atom stereocenters. The average Bonchev–Trinajstić information content (AvgIpc) is 2.47. The van der Waals surface area contributed by atoms with Crippen LogP contribution >= 0.6 is 11.7 Å². The van der Waals surface area contributed by atoms with Crippen LogP contribution in [0.25, 0.3) is 0 Å². The van der Waals surface area contributed by atoms with Crippen molar-refractivity contribution in [2.75, 3.05) is 0 Å². The molecule has 1 fully saturated rings. The maximum Gasteiger partial charge on any atom is 0.0880 e. The van der Waals surface area contributed by atoms with Crippen molar-refractivity contribution in [1.82, 2.24) is 14.1 Å². The molecule has 0 amide bonds. The Morgan fingerprint density at radius 1 is 1.67 bits per heavy atom. The lowest BCUT2D eigenvalue weighted by Gasteiger charge is -2.31. The summed E-state index contributed by atoms with van der Waals surface area (Å²) in [4.78, 5) is 0. The van der Waals surface area contributed by atoms with Gasteiger partial charge in [-0.15, -0.1) is 0 Å². The van der Waals surface area contributed by atoms with E-state index in [2.05, 4.69) is 14.1 Å². The van der Waals surface area contributed by atoms with Gasteiger partial charge in [0.15, 0.2) is 0 Å². The minimum absolute atomic E-state index is 0.0870. The third kappa shape index (κ3) is 1.80. The van der Waals surface area contributed by atoms with E-state index in [0.717, 1.165) is 25.1 Å². The Bertz CT molecular complexity index is 233. The third-order valence-corrected chi connectivity index (χ3v) is 2.61. The number of hydrogen-bond donors (Lipinski definition) is 2. The molecule has 0 unspecified atom stereocenters. The van der Waals surface area contributed by atoms with E-state index >= 15 is 0 Å². The number of hydrogen-bond acceptors (Lipinski definition) is 5. The molecule has 4 nitrogen and oxygen atoms in total. The predicted octanol–water partition coefficient (Wildman–Crippen LogP) is 0.151. The molecule has 1 aromatic heterocycles. The molecule has 1 aromatic rings. The normalized spacial score (nSPS) is 28.4. The Hall–Kier alpha value is -0.520. The van der Waals surface area contributed by atoms with Gasteiger partial charge in [-0.05, 0) is 12.8 Å². The van der Waals surface area contributed by atoms with Crippen molar-refractivity contribution in [2.45, 2.75) is 31.5 Å². The van der Waals surface area contributed by atoms with E-state index in [-0.39, 0.29) is 6.10 Å². The number of rotatable bonds is 3. The van der Waals surface area contributed by atoms with Crippen LogP contribution in [0.1, 0.15) is 18.5 Å². The summed E-state index contributed by atoms with van der Waals surface area (Å²) in [5, 5.41) is 12.3. The number of aliphatic hydroxyl groups excluding tert-OH is 1. The first-order chi connectivity index (χ1) is 5.84. The van der Waals surface area contributed by atoms with E-state index in [4.69, 9.17) is 5.11 Å². The van der Waals surface area contributed by atoms with Crippen LogP contribution in [-0.4, -0.2) is 26.0 Å². The zero-order valence-corrected chi connectivity index (χ0v) is 7.42. The Morgan fingerprint density at radius 2 is 2.50 bits per heavy atom. The van der Waals surface area contributed by atoms with Crippen LogP contribution in [0, 0.1) is 0 Å². The van der Waals surface area contributed by atoms with Crippen LogP contribution in [-0.2, 0) is 6.54 Å². The molecule has 0 aliphatic heterocycles. The Morgan fingerprint density at radius 3 is 3.08 bits per heavy atom.